The van der Waals surface area contributed by atoms with Gasteiger partial charge in [0.05, 0.1) is 21.7 Å². The summed E-state index contributed by atoms with van der Waals surface area (Å²) in [6, 6.07) is 7.35. The first kappa shape index (κ1) is 15.4. The topological polar surface area (TPSA) is 66.0 Å². The largest absolute Gasteiger partial charge is 0.478 e. The Kier molecular flexibility index (Phi) is 3.52. The van der Waals surface area contributed by atoms with Gasteiger partial charge in [-0.1, -0.05) is 23.7 Å². The Hall–Kier alpha value is -2.54. The number of carboxylic acids is 1. The monoisotopic (exact) mass is 340 g/mol. The molecule has 0 unspecified atom stereocenters. The van der Waals surface area contributed by atoms with Crippen LogP contribution in [-0.2, 0) is 6.18 Å². The van der Waals surface area contributed by atoms with Crippen molar-refractivity contribution in [1.82, 2.24) is 10.2 Å². The lowest BCUT2D eigenvalue weighted by Gasteiger charge is -2.09. The van der Waals surface area contributed by atoms with Crippen LogP contribution < -0.4 is 0 Å². The predicted molar refractivity (Wildman–Crippen MR) is 78.5 cm³/mol. The Morgan fingerprint density at radius 1 is 1.22 bits per heavy atom. The SMILES string of the molecule is O=C(O)c1cccc2c(-c3cc(C(F)(F)F)ccc3Cl)n[nH]c12. The number of aromatic nitrogens is 2. The number of benzene rings is 2. The van der Waals surface area contributed by atoms with E-state index in [0.717, 1.165) is 18.2 Å². The summed E-state index contributed by atoms with van der Waals surface area (Å²) in [5.41, 5.74) is -0.412. The number of alkyl halides is 3. The molecule has 0 saturated carbocycles. The van der Waals surface area contributed by atoms with Crippen molar-refractivity contribution >= 4 is 28.5 Å². The van der Waals surface area contributed by atoms with Gasteiger partial charge in [0, 0.05) is 10.9 Å². The Labute approximate surface area is 132 Å². The summed E-state index contributed by atoms with van der Waals surface area (Å²) < 4.78 is 38.6. The molecule has 3 rings (SSSR count). The van der Waals surface area contributed by atoms with Gasteiger partial charge in [0.1, 0.15) is 5.69 Å². The first-order valence-corrected chi connectivity index (χ1v) is 6.74. The van der Waals surface area contributed by atoms with Crippen LogP contribution >= 0.6 is 11.6 Å². The zero-order valence-electron chi connectivity index (χ0n) is 11.3. The summed E-state index contributed by atoms with van der Waals surface area (Å²) in [5, 5.41) is 16.1. The van der Waals surface area contributed by atoms with Crippen molar-refractivity contribution in [1.29, 1.82) is 0 Å². The molecule has 4 nitrogen and oxygen atoms in total. The number of nitrogens with one attached hydrogen (secondary N) is 1. The maximum absolute atomic E-state index is 12.9. The quantitative estimate of drug-likeness (QED) is 0.716. The molecule has 0 aliphatic heterocycles. The molecule has 8 heteroatoms. The number of aromatic amines is 1. The van der Waals surface area contributed by atoms with Crippen LogP contribution in [0.5, 0.6) is 0 Å². The van der Waals surface area contributed by atoms with Gasteiger partial charge in [-0.05, 0) is 24.3 Å². The highest BCUT2D eigenvalue weighted by Gasteiger charge is 2.31. The van der Waals surface area contributed by atoms with Crippen molar-refractivity contribution in [3.8, 4) is 11.3 Å². The Balaban J connectivity index is 2.26. The van der Waals surface area contributed by atoms with Crippen LogP contribution in [0.25, 0.3) is 22.2 Å². The van der Waals surface area contributed by atoms with Crippen LogP contribution in [-0.4, -0.2) is 21.3 Å². The molecule has 3 aromatic rings. The third-order valence-corrected chi connectivity index (χ3v) is 3.71. The van der Waals surface area contributed by atoms with Crippen molar-refractivity contribution in [2.24, 2.45) is 0 Å². The average molecular weight is 341 g/mol. The van der Waals surface area contributed by atoms with Crippen molar-refractivity contribution in [3.05, 3.63) is 52.5 Å². The number of aromatic carboxylic acids is 1. The van der Waals surface area contributed by atoms with Crippen LogP contribution in [0.2, 0.25) is 5.02 Å². The van der Waals surface area contributed by atoms with Crippen LogP contribution in [0.4, 0.5) is 13.2 Å². The maximum Gasteiger partial charge on any atom is 0.416 e. The van der Waals surface area contributed by atoms with E-state index < -0.39 is 17.7 Å². The maximum atomic E-state index is 12.9. The van der Waals surface area contributed by atoms with E-state index in [0.29, 0.717) is 5.39 Å². The fraction of sp³-hybridized carbons (Fsp3) is 0.0667. The fourth-order valence-corrected chi connectivity index (χ4v) is 2.52. The highest BCUT2D eigenvalue weighted by molar-refractivity contribution is 6.33. The van der Waals surface area contributed by atoms with Gasteiger partial charge in [-0.15, -0.1) is 0 Å². The van der Waals surface area contributed by atoms with Gasteiger partial charge < -0.3 is 5.11 Å². The molecule has 0 aliphatic rings. The normalized spacial score (nSPS) is 11.8. The van der Waals surface area contributed by atoms with E-state index >= 15 is 0 Å². The second-order valence-electron chi connectivity index (χ2n) is 4.80. The third-order valence-electron chi connectivity index (χ3n) is 3.38. The van der Waals surface area contributed by atoms with Crippen molar-refractivity contribution in [2.75, 3.05) is 0 Å². The van der Waals surface area contributed by atoms with E-state index in [-0.39, 0.29) is 27.4 Å². The lowest BCUT2D eigenvalue weighted by molar-refractivity contribution is -0.137. The summed E-state index contributed by atoms with van der Waals surface area (Å²) in [6.45, 7) is 0. The number of carboxylic acid groups (broad SMARTS) is 1. The molecule has 0 atom stereocenters. The molecular formula is C15H8ClF3N2O2. The number of hydrogen-bond donors (Lipinski definition) is 2. The molecule has 1 heterocycles. The molecule has 118 valence electrons. The van der Waals surface area contributed by atoms with Gasteiger partial charge >= 0.3 is 12.1 Å². The van der Waals surface area contributed by atoms with Gasteiger partial charge in [-0.25, -0.2) is 4.79 Å². The summed E-state index contributed by atoms with van der Waals surface area (Å²) in [5.74, 6) is -1.17. The number of fused-ring (bicyclic) bond motifs is 1. The van der Waals surface area contributed by atoms with Gasteiger partial charge in [0.15, 0.2) is 0 Å². The molecule has 0 radical (unpaired) electrons. The molecule has 1 aromatic heterocycles. The Morgan fingerprint density at radius 3 is 2.61 bits per heavy atom. The number of hydrogen-bond acceptors (Lipinski definition) is 2. The standard InChI is InChI=1S/C15H8ClF3N2O2/c16-11-5-4-7(15(17,18)19)6-10(11)13-8-2-1-3-9(14(22)23)12(8)20-21-13/h1-6H,(H,20,21)(H,22,23). The molecule has 2 aromatic carbocycles. The molecule has 0 spiro atoms. The van der Waals surface area contributed by atoms with Crippen molar-refractivity contribution < 1.29 is 23.1 Å². The molecule has 0 bridgehead atoms. The van der Waals surface area contributed by atoms with E-state index in [1.807, 2.05) is 0 Å². The van der Waals surface area contributed by atoms with E-state index in [2.05, 4.69) is 10.2 Å². The highest BCUT2D eigenvalue weighted by atomic mass is 35.5. The molecule has 0 fully saturated rings. The Bertz CT molecular complexity index is 919. The first-order chi connectivity index (χ1) is 10.8. The van der Waals surface area contributed by atoms with E-state index in [4.69, 9.17) is 16.7 Å². The number of carbonyl (C=O) groups is 1. The zero-order valence-corrected chi connectivity index (χ0v) is 12.0. The molecule has 0 amide bonds. The van der Waals surface area contributed by atoms with Crippen LogP contribution in [0.15, 0.2) is 36.4 Å². The second kappa shape index (κ2) is 5.27. The summed E-state index contributed by atoms with van der Waals surface area (Å²) >= 11 is 6.00. The van der Waals surface area contributed by atoms with Crippen LogP contribution in [0, 0.1) is 0 Å². The summed E-state index contributed by atoms with van der Waals surface area (Å²) in [7, 11) is 0. The molecule has 0 aliphatic carbocycles. The van der Waals surface area contributed by atoms with E-state index in [1.54, 1.807) is 6.07 Å². The minimum absolute atomic E-state index is 0.0238. The van der Waals surface area contributed by atoms with Gasteiger partial charge in [0.25, 0.3) is 0 Å². The summed E-state index contributed by atoms with van der Waals surface area (Å²) in [6.07, 6.45) is -4.52. The second-order valence-corrected chi connectivity index (χ2v) is 5.21. The Morgan fingerprint density at radius 2 is 1.96 bits per heavy atom. The molecule has 2 N–H and O–H groups in total. The van der Waals surface area contributed by atoms with Crippen molar-refractivity contribution in [2.45, 2.75) is 6.18 Å². The number of para-hydroxylation sites is 1. The third kappa shape index (κ3) is 2.63. The minimum Gasteiger partial charge on any atom is -0.478 e. The highest BCUT2D eigenvalue weighted by Crippen LogP contribution is 2.37. The van der Waals surface area contributed by atoms with Gasteiger partial charge in [-0.3, -0.25) is 5.10 Å². The lowest BCUT2D eigenvalue weighted by Crippen LogP contribution is -2.04. The number of halogens is 4. The van der Waals surface area contributed by atoms with Gasteiger partial charge in [-0.2, -0.15) is 18.3 Å². The van der Waals surface area contributed by atoms with Gasteiger partial charge in [0.2, 0.25) is 0 Å². The zero-order chi connectivity index (χ0) is 16.8. The number of nitrogens with zero attached hydrogens (tertiary/aromatic N) is 1. The first-order valence-electron chi connectivity index (χ1n) is 6.36. The lowest BCUT2D eigenvalue weighted by atomic mass is 10.0. The van der Waals surface area contributed by atoms with Crippen molar-refractivity contribution in [3.63, 3.8) is 0 Å². The molecular weight excluding hydrogens is 333 g/mol. The fourth-order valence-electron chi connectivity index (χ4n) is 2.31. The summed E-state index contributed by atoms with van der Waals surface area (Å²) in [4.78, 5) is 11.2. The number of rotatable bonds is 2. The molecule has 23 heavy (non-hydrogen) atoms. The smallest absolute Gasteiger partial charge is 0.416 e. The van der Waals surface area contributed by atoms with Crippen LogP contribution in [0.1, 0.15) is 15.9 Å². The molecule has 0 saturated heterocycles. The average Bonchev–Trinajstić information content (AvgIpc) is 2.90. The van der Waals surface area contributed by atoms with Crippen LogP contribution in [0.3, 0.4) is 0 Å². The van der Waals surface area contributed by atoms with E-state index in [9.17, 15) is 18.0 Å². The minimum atomic E-state index is -4.52. The number of H-pyrrole nitrogens is 1. The predicted octanol–water partition coefficient (Wildman–Crippen LogP) is 4.60. The van der Waals surface area contributed by atoms with E-state index in [1.165, 1.54) is 12.1 Å².